The third kappa shape index (κ3) is 5.06. The number of para-hydroxylation sites is 1. The molecule has 0 radical (unpaired) electrons. The molecule has 10 heteroatoms. The van der Waals surface area contributed by atoms with Crippen molar-refractivity contribution in [2.45, 2.75) is 13.5 Å². The first kappa shape index (κ1) is 21.5. The van der Waals surface area contributed by atoms with E-state index in [2.05, 4.69) is 47.1 Å². The number of carbonyl (C=O) groups excluding carboxylic acids is 1. The monoisotopic (exact) mass is 528 g/mol. The van der Waals surface area contributed by atoms with Crippen LogP contribution in [0, 0.1) is 11.6 Å². The summed E-state index contributed by atoms with van der Waals surface area (Å²) < 4.78 is 28.8. The van der Waals surface area contributed by atoms with Gasteiger partial charge in [-0.3, -0.25) is 14.5 Å². The Morgan fingerprint density at radius 2 is 1.93 bits per heavy atom. The SMILES string of the molecule is CCN(CC(=O)Nc1c(F)cccc1F)Cc1nc2c(Br)cc(Br)cc2c(=O)[nH]1. The van der Waals surface area contributed by atoms with Gasteiger partial charge in [0, 0.05) is 8.95 Å². The van der Waals surface area contributed by atoms with Crippen molar-refractivity contribution in [1.82, 2.24) is 14.9 Å². The number of hydrogen-bond donors (Lipinski definition) is 2. The summed E-state index contributed by atoms with van der Waals surface area (Å²) in [7, 11) is 0. The molecule has 1 amide bonds. The average molecular weight is 530 g/mol. The van der Waals surface area contributed by atoms with Gasteiger partial charge in [0.25, 0.3) is 5.56 Å². The van der Waals surface area contributed by atoms with E-state index in [0.29, 0.717) is 27.7 Å². The lowest BCUT2D eigenvalue weighted by atomic mass is 10.2. The smallest absolute Gasteiger partial charge is 0.258 e. The number of hydrogen-bond acceptors (Lipinski definition) is 4. The van der Waals surface area contributed by atoms with Crippen molar-refractivity contribution < 1.29 is 13.6 Å². The number of anilines is 1. The minimum Gasteiger partial charge on any atom is -0.320 e. The molecule has 0 atom stereocenters. The van der Waals surface area contributed by atoms with Gasteiger partial charge in [0.1, 0.15) is 23.1 Å². The molecule has 152 valence electrons. The summed E-state index contributed by atoms with van der Waals surface area (Å²) in [5.41, 5.74) is -0.290. The van der Waals surface area contributed by atoms with E-state index in [1.807, 2.05) is 6.92 Å². The molecule has 0 fully saturated rings. The van der Waals surface area contributed by atoms with E-state index in [-0.39, 0.29) is 18.6 Å². The molecule has 0 saturated heterocycles. The first-order valence-electron chi connectivity index (χ1n) is 8.62. The molecule has 3 aromatic rings. The van der Waals surface area contributed by atoms with Crippen LogP contribution in [-0.4, -0.2) is 33.9 Å². The Kier molecular flexibility index (Phi) is 6.76. The largest absolute Gasteiger partial charge is 0.320 e. The van der Waals surface area contributed by atoms with Gasteiger partial charge in [-0.05, 0) is 46.7 Å². The number of carbonyl (C=O) groups is 1. The third-order valence-corrected chi connectivity index (χ3v) is 5.25. The second kappa shape index (κ2) is 9.10. The first-order valence-corrected chi connectivity index (χ1v) is 10.2. The predicted octanol–water partition coefficient (Wildman–Crippen LogP) is 4.19. The molecule has 6 nitrogen and oxygen atoms in total. The Labute approximate surface area is 181 Å². The average Bonchev–Trinajstić information content (AvgIpc) is 2.65. The molecule has 0 aliphatic carbocycles. The van der Waals surface area contributed by atoms with Crippen molar-refractivity contribution in [1.29, 1.82) is 0 Å². The van der Waals surface area contributed by atoms with Crippen LogP contribution in [-0.2, 0) is 11.3 Å². The highest BCUT2D eigenvalue weighted by molar-refractivity contribution is 9.11. The zero-order valence-corrected chi connectivity index (χ0v) is 18.4. The van der Waals surface area contributed by atoms with Gasteiger partial charge in [0.2, 0.25) is 5.91 Å². The highest BCUT2D eigenvalue weighted by Crippen LogP contribution is 2.25. The van der Waals surface area contributed by atoms with E-state index < -0.39 is 23.2 Å². The standard InChI is InChI=1S/C19H16Br2F2N4O2/c1-2-27(9-16(28)26-18-13(22)4-3-5-14(18)23)8-15-24-17-11(19(29)25-15)6-10(20)7-12(17)21/h3-7H,2,8-9H2,1H3,(H,26,28)(H,24,25,29). The molecular weight excluding hydrogens is 514 g/mol. The van der Waals surface area contributed by atoms with Crippen molar-refractivity contribution in [3.63, 3.8) is 0 Å². The van der Waals surface area contributed by atoms with Crippen LogP contribution >= 0.6 is 31.9 Å². The maximum atomic E-state index is 13.7. The lowest BCUT2D eigenvalue weighted by Gasteiger charge is -2.19. The first-order chi connectivity index (χ1) is 13.8. The number of likely N-dealkylation sites (N-methyl/N-ethyl adjacent to an activating group) is 1. The number of aromatic amines is 1. The van der Waals surface area contributed by atoms with Crippen molar-refractivity contribution in [3.05, 3.63) is 67.1 Å². The maximum Gasteiger partial charge on any atom is 0.258 e. The summed E-state index contributed by atoms with van der Waals surface area (Å²) in [4.78, 5) is 33.5. The maximum absolute atomic E-state index is 13.7. The molecule has 0 bridgehead atoms. The summed E-state index contributed by atoms with van der Waals surface area (Å²) >= 11 is 6.73. The van der Waals surface area contributed by atoms with Gasteiger partial charge in [0.15, 0.2) is 0 Å². The Morgan fingerprint density at radius 3 is 2.59 bits per heavy atom. The number of benzene rings is 2. The van der Waals surface area contributed by atoms with E-state index in [4.69, 9.17) is 0 Å². The molecule has 0 aliphatic heterocycles. The number of nitrogens with one attached hydrogen (secondary N) is 2. The number of halogens is 4. The zero-order valence-electron chi connectivity index (χ0n) is 15.2. The summed E-state index contributed by atoms with van der Waals surface area (Å²) in [5, 5.41) is 2.67. The number of fused-ring (bicyclic) bond motifs is 1. The second-order valence-corrected chi connectivity index (χ2v) is 8.01. The molecule has 0 spiro atoms. The number of aromatic nitrogens is 2. The van der Waals surface area contributed by atoms with Gasteiger partial charge in [-0.25, -0.2) is 13.8 Å². The minimum atomic E-state index is -0.849. The summed E-state index contributed by atoms with van der Waals surface area (Å²) in [6.45, 7) is 2.32. The van der Waals surface area contributed by atoms with Crippen LogP contribution < -0.4 is 10.9 Å². The molecule has 29 heavy (non-hydrogen) atoms. The number of H-pyrrole nitrogens is 1. The molecule has 1 heterocycles. The van der Waals surface area contributed by atoms with Gasteiger partial charge < -0.3 is 10.3 Å². The van der Waals surface area contributed by atoms with Crippen LogP contribution in [0.4, 0.5) is 14.5 Å². The fourth-order valence-corrected chi connectivity index (χ4v) is 4.09. The quantitative estimate of drug-likeness (QED) is 0.502. The molecule has 0 aliphatic rings. The Hall–Kier alpha value is -2.17. The van der Waals surface area contributed by atoms with E-state index in [1.165, 1.54) is 6.07 Å². The number of rotatable bonds is 6. The van der Waals surface area contributed by atoms with Crippen LogP contribution in [0.15, 0.2) is 44.1 Å². The molecule has 2 aromatic carbocycles. The van der Waals surface area contributed by atoms with E-state index in [1.54, 1.807) is 17.0 Å². The molecule has 2 N–H and O–H groups in total. The highest BCUT2D eigenvalue weighted by Gasteiger charge is 2.16. The van der Waals surface area contributed by atoms with Gasteiger partial charge >= 0.3 is 0 Å². The fourth-order valence-electron chi connectivity index (χ4n) is 2.78. The lowest BCUT2D eigenvalue weighted by Crippen LogP contribution is -2.34. The molecular formula is C19H16Br2F2N4O2. The molecule has 3 rings (SSSR count). The van der Waals surface area contributed by atoms with Crippen LogP contribution in [0.25, 0.3) is 10.9 Å². The van der Waals surface area contributed by atoms with Crippen LogP contribution in [0.1, 0.15) is 12.7 Å². The van der Waals surface area contributed by atoms with Crippen molar-refractivity contribution in [3.8, 4) is 0 Å². The number of amides is 1. The van der Waals surface area contributed by atoms with Crippen LogP contribution in [0.3, 0.4) is 0 Å². The second-order valence-electron chi connectivity index (χ2n) is 6.24. The topological polar surface area (TPSA) is 78.1 Å². The third-order valence-electron chi connectivity index (χ3n) is 4.19. The summed E-state index contributed by atoms with van der Waals surface area (Å²) in [6.07, 6.45) is 0. The normalized spacial score (nSPS) is 11.2. The minimum absolute atomic E-state index is 0.131. The van der Waals surface area contributed by atoms with E-state index in [0.717, 1.165) is 16.6 Å². The van der Waals surface area contributed by atoms with Gasteiger partial charge in [-0.2, -0.15) is 0 Å². The fraction of sp³-hybridized carbons (Fsp3) is 0.211. The van der Waals surface area contributed by atoms with E-state index in [9.17, 15) is 18.4 Å². The highest BCUT2D eigenvalue weighted by atomic mass is 79.9. The Balaban J connectivity index is 1.78. The van der Waals surface area contributed by atoms with Crippen molar-refractivity contribution >= 4 is 54.4 Å². The predicted molar refractivity (Wildman–Crippen MR) is 114 cm³/mol. The summed E-state index contributed by atoms with van der Waals surface area (Å²) in [6, 6.07) is 6.81. The van der Waals surface area contributed by atoms with Gasteiger partial charge in [-0.15, -0.1) is 0 Å². The molecule has 0 unspecified atom stereocenters. The zero-order chi connectivity index (χ0) is 21.1. The van der Waals surface area contributed by atoms with Gasteiger partial charge in [0.05, 0.1) is 24.0 Å². The van der Waals surface area contributed by atoms with Crippen LogP contribution in [0.5, 0.6) is 0 Å². The van der Waals surface area contributed by atoms with Crippen molar-refractivity contribution in [2.75, 3.05) is 18.4 Å². The molecule has 0 saturated carbocycles. The van der Waals surface area contributed by atoms with Gasteiger partial charge in [-0.1, -0.05) is 28.9 Å². The van der Waals surface area contributed by atoms with Crippen LogP contribution in [0.2, 0.25) is 0 Å². The summed E-state index contributed by atoms with van der Waals surface area (Å²) in [5.74, 6) is -1.91. The lowest BCUT2D eigenvalue weighted by molar-refractivity contribution is -0.117. The number of nitrogens with zero attached hydrogens (tertiary/aromatic N) is 2. The Bertz CT molecular complexity index is 1120. The van der Waals surface area contributed by atoms with E-state index >= 15 is 0 Å². The molecule has 1 aromatic heterocycles. The Morgan fingerprint density at radius 1 is 1.24 bits per heavy atom. The van der Waals surface area contributed by atoms with Crippen molar-refractivity contribution in [2.24, 2.45) is 0 Å².